The zero-order valence-corrected chi connectivity index (χ0v) is 24.8. The molecule has 0 N–H and O–H groups in total. The Morgan fingerprint density at radius 2 is 0.900 bits per heavy atom. The van der Waals surface area contributed by atoms with Gasteiger partial charge in [0.15, 0.2) is 0 Å². The van der Waals surface area contributed by atoms with Gasteiger partial charge in [-0.15, -0.1) is 0 Å². The lowest BCUT2D eigenvalue weighted by molar-refractivity contribution is 0.309. The average Bonchev–Trinajstić information content (AvgIpc) is 2.93. The maximum atomic E-state index is 16.0. The first kappa shape index (κ1) is 29.7. The molecule has 0 aromatic heterocycles. The number of nitrogens with zero attached hydrogens (tertiary/aromatic N) is 1. The van der Waals surface area contributed by atoms with Crippen LogP contribution < -0.4 is 10.9 Å². The summed E-state index contributed by atoms with van der Waals surface area (Å²) in [6.45, 7) is 12.1. The van der Waals surface area contributed by atoms with Crippen LogP contribution in [0.3, 0.4) is 0 Å². The molecule has 4 heteroatoms. The van der Waals surface area contributed by atoms with Gasteiger partial charge in [0.2, 0.25) is 0 Å². The van der Waals surface area contributed by atoms with Crippen molar-refractivity contribution in [3.8, 4) is 22.3 Å². The maximum absolute atomic E-state index is 16.0. The van der Waals surface area contributed by atoms with Crippen LogP contribution in [0.5, 0.6) is 0 Å². The molecule has 0 saturated heterocycles. The van der Waals surface area contributed by atoms with Crippen molar-refractivity contribution in [3.05, 3.63) is 108 Å². The Hall–Kier alpha value is -3.24. The number of aryl methyl sites for hydroxylation is 2. The molecule has 0 unspecified atom stereocenters. The molecule has 0 saturated carbocycles. The molecule has 4 aromatic rings. The molecule has 0 aliphatic carbocycles. The fraction of sp³-hybridized carbons (Fsp3) is 0.333. The molecule has 4 rings (SSSR count). The predicted octanol–water partition coefficient (Wildman–Crippen LogP) is 8.43. The molecule has 40 heavy (non-hydrogen) atoms. The highest BCUT2D eigenvalue weighted by Gasteiger charge is 2.35. The third kappa shape index (κ3) is 6.73. The van der Waals surface area contributed by atoms with Crippen LogP contribution in [0, 0.1) is 11.6 Å². The van der Waals surface area contributed by atoms with Gasteiger partial charge in [-0.25, -0.2) is 8.78 Å². The quantitative estimate of drug-likeness (QED) is 0.174. The van der Waals surface area contributed by atoms with Gasteiger partial charge >= 0.3 is 0 Å². The molecular weight excluding hydrogens is 495 g/mol. The number of halogens is 2. The van der Waals surface area contributed by atoms with E-state index >= 15 is 8.78 Å². The molecule has 0 radical (unpaired) electrons. The largest absolute Gasteiger partial charge is 0.329 e. The van der Waals surface area contributed by atoms with E-state index in [4.69, 9.17) is 0 Å². The Balaban J connectivity index is 1.74. The standard InChI is InChI=1S/C36H42BF2N/c1-7-9-27-11-15-29(16-12-27)31-19-21-33(35(38)23-31)37(40(25(3)4)26(5)6)34-22-20-32(24-36(34)39)30-17-13-28(10-8-2)14-18-30/h11-26H,7-10H2,1-6H3. The second-order valence-corrected chi connectivity index (χ2v) is 11.4. The zero-order chi connectivity index (χ0) is 28.8. The van der Waals surface area contributed by atoms with Gasteiger partial charge in [0.25, 0.3) is 6.85 Å². The Bertz CT molecular complexity index is 1290. The molecule has 0 atom stereocenters. The van der Waals surface area contributed by atoms with E-state index in [9.17, 15) is 0 Å². The normalized spacial score (nSPS) is 11.6. The third-order valence-electron chi connectivity index (χ3n) is 7.73. The van der Waals surface area contributed by atoms with E-state index in [0.29, 0.717) is 10.9 Å². The van der Waals surface area contributed by atoms with Crippen molar-refractivity contribution >= 4 is 17.8 Å². The van der Waals surface area contributed by atoms with Crippen LogP contribution in [-0.2, 0) is 12.8 Å². The first-order valence-electron chi connectivity index (χ1n) is 14.8. The molecule has 0 spiro atoms. The minimum absolute atomic E-state index is 0.0837. The second-order valence-electron chi connectivity index (χ2n) is 11.4. The van der Waals surface area contributed by atoms with Crippen molar-refractivity contribution in [2.45, 2.75) is 79.3 Å². The van der Waals surface area contributed by atoms with Crippen molar-refractivity contribution in [2.24, 2.45) is 0 Å². The summed E-state index contributed by atoms with van der Waals surface area (Å²) in [4.78, 5) is 2.19. The van der Waals surface area contributed by atoms with E-state index in [2.05, 4.69) is 94.9 Å². The average molecular weight is 538 g/mol. The molecule has 208 valence electrons. The molecule has 0 aliphatic heterocycles. The van der Waals surface area contributed by atoms with E-state index in [1.165, 1.54) is 11.1 Å². The zero-order valence-electron chi connectivity index (χ0n) is 24.8. The lowest BCUT2D eigenvalue weighted by Crippen LogP contribution is -2.62. The van der Waals surface area contributed by atoms with Crippen LogP contribution in [0.4, 0.5) is 8.78 Å². The minimum Gasteiger partial charge on any atom is -0.329 e. The van der Waals surface area contributed by atoms with Crippen LogP contribution in [0.1, 0.15) is 65.5 Å². The smallest absolute Gasteiger partial charge is 0.298 e. The van der Waals surface area contributed by atoms with Crippen LogP contribution in [0.15, 0.2) is 84.9 Å². The van der Waals surface area contributed by atoms with E-state index in [-0.39, 0.29) is 23.7 Å². The summed E-state index contributed by atoms with van der Waals surface area (Å²) in [5, 5.41) is 0. The Morgan fingerprint density at radius 3 is 1.20 bits per heavy atom. The lowest BCUT2D eigenvalue weighted by Gasteiger charge is -2.37. The van der Waals surface area contributed by atoms with Crippen LogP contribution in [0.25, 0.3) is 22.3 Å². The fourth-order valence-corrected chi connectivity index (χ4v) is 5.84. The van der Waals surface area contributed by atoms with Gasteiger partial charge in [-0.3, -0.25) is 0 Å². The number of hydrogen-bond acceptors (Lipinski definition) is 1. The SMILES string of the molecule is CCCc1ccc(-c2ccc(B(c3ccc(-c4ccc(CCC)cc4)cc3F)N(C(C)C)C(C)C)c(F)c2)cc1. The van der Waals surface area contributed by atoms with Crippen molar-refractivity contribution in [1.29, 1.82) is 0 Å². The van der Waals surface area contributed by atoms with Gasteiger partial charge in [0, 0.05) is 0 Å². The monoisotopic (exact) mass is 537 g/mol. The van der Waals surface area contributed by atoms with Gasteiger partial charge < -0.3 is 4.81 Å². The van der Waals surface area contributed by atoms with Crippen LogP contribution in [-0.4, -0.2) is 23.7 Å². The van der Waals surface area contributed by atoms with Crippen molar-refractivity contribution in [3.63, 3.8) is 0 Å². The highest BCUT2D eigenvalue weighted by Crippen LogP contribution is 2.24. The molecular formula is C36H42BF2N. The van der Waals surface area contributed by atoms with E-state index in [1.54, 1.807) is 12.1 Å². The Morgan fingerprint density at radius 1 is 0.550 bits per heavy atom. The third-order valence-corrected chi connectivity index (χ3v) is 7.73. The maximum Gasteiger partial charge on any atom is 0.298 e. The summed E-state index contributed by atoms with van der Waals surface area (Å²) in [7, 11) is 0. The summed E-state index contributed by atoms with van der Waals surface area (Å²) in [6, 6.07) is 27.6. The highest BCUT2D eigenvalue weighted by atomic mass is 19.1. The summed E-state index contributed by atoms with van der Waals surface area (Å²) in [5.74, 6) is -0.636. The lowest BCUT2D eigenvalue weighted by atomic mass is 9.47. The van der Waals surface area contributed by atoms with Gasteiger partial charge in [-0.05, 0) is 81.4 Å². The van der Waals surface area contributed by atoms with E-state index in [0.717, 1.165) is 47.9 Å². The number of benzene rings is 4. The Labute approximate surface area is 240 Å². The summed E-state index contributed by atoms with van der Waals surface area (Å²) < 4.78 is 32.0. The highest BCUT2D eigenvalue weighted by molar-refractivity contribution is 6.83. The summed E-state index contributed by atoms with van der Waals surface area (Å²) in [5.41, 5.74) is 7.15. The van der Waals surface area contributed by atoms with Gasteiger partial charge in [0.05, 0.1) is 0 Å². The second kappa shape index (κ2) is 13.4. The molecule has 1 nitrogen and oxygen atoms in total. The predicted molar refractivity (Wildman–Crippen MR) is 169 cm³/mol. The Kier molecular flexibility index (Phi) is 9.97. The first-order chi connectivity index (χ1) is 19.2. The van der Waals surface area contributed by atoms with Crippen LogP contribution in [0.2, 0.25) is 0 Å². The van der Waals surface area contributed by atoms with Crippen molar-refractivity contribution < 1.29 is 8.78 Å². The number of rotatable bonds is 11. The molecule has 4 aromatic carbocycles. The van der Waals surface area contributed by atoms with Crippen LogP contribution >= 0.6 is 0 Å². The molecule has 0 amide bonds. The topological polar surface area (TPSA) is 3.24 Å². The van der Waals surface area contributed by atoms with E-state index in [1.807, 2.05) is 24.3 Å². The van der Waals surface area contributed by atoms with Crippen molar-refractivity contribution in [2.75, 3.05) is 0 Å². The molecule has 0 fully saturated rings. The minimum atomic E-state index is -0.554. The van der Waals surface area contributed by atoms with E-state index < -0.39 is 6.85 Å². The fourth-order valence-electron chi connectivity index (χ4n) is 5.84. The van der Waals surface area contributed by atoms with Crippen molar-refractivity contribution in [1.82, 2.24) is 4.81 Å². The molecule has 0 heterocycles. The first-order valence-corrected chi connectivity index (χ1v) is 14.8. The van der Waals surface area contributed by atoms with Gasteiger partial charge in [-0.1, -0.05) is 127 Å². The van der Waals surface area contributed by atoms with Gasteiger partial charge in [-0.2, -0.15) is 0 Å². The molecule has 0 aliphatic rings. The summed E-state index contributed by atoms with van der Waals surface area (Å²) in [6.07, 6.45) is 4.25. The molecule has 0 bridgehead atoms. The van der Waals surface area contributed by atoms with Gasteiger partial charge in [0.1, 0.15) is 11.6 Å². The number of hydrogen-bond donors (Lipinski definition) is 0. The summed E-state index contributed by atoms with van der Waals surface area (Å²) >= 11 is 0.